The Balaban J connectivity index is 1.81. The number of fused-ring (bicyclic) bond motifs is 1. The number of aliphatic hydroxyl groups is 1. The number of hydrogen-bond acceptors (Lipinski definition) is 5. The maximum Gasteiger partial charge on any atom is 0.329 e. The highest BCUT2D eigenvalue weighted by Gasteiger charge is 2.25. The number of nitrogens with zero attached hydrogens (tertiary/aromatic N) is 2. The molecular weight excluding hydrogens is 384 g/mol. The molecule has 0 aliphatic heterocycles. The van der Waals surface area contributed by atoms with E-state index >= 15 is 0 Å². The van der Waals surface area contributed by atoms with Crippen molar-refractivity contribution in [3.8, 4) is 17.2 Å². The van der Waals surface area contributed by atoms with Crippen molar-refractivity contribution in [1.29, 1.82) is 0 Å². The Labute approximate surface area is 175 Å². The first-order chi connectivity index (χ1) is 14.5. The SMILES string of the molecule is COc1ccc2c(c1)n(Cc1ccc(OC)c(OC)c1)c(=O)n2C1CCC(O)CC1. The molecule has 1 aromatic heterocycles. The molecule has 0 atom stereocenters. The van der Waals surface area contributed by atoms with E-state index in [1.807, 2.05) is 41.0 Å². The van der Waals surface area contributed by atoms with E-state index in [4.69, 9.17) is 14.2 Å². The minimum Gasteiger partial charge on any atom is -0.497 e. The van der Waals surface area contributed by atoms with Crippen LogP contribution in [0.2, 0.25) is 0 Å². The van der Waals surface area contributed by atoms with Crippen LogP contribution >= 0.6 is 0 Å². The molecule has 0 unspecified atom stereocenters. The average molecular weight is 412 g/mol. The third-order valence-electron chi connectivity index (χ3n) is 5.99. The fourth-order valence-corrected chi connectivity index (χ4v) is 4.37. The topological polar surface area (TPSA) is 74.9 Å². The summed E-state index contributed by atoms with van der Waals surface area (Å²) in [5.41, 5.74) is 2.62. The van der Waals surface area contributed by atoms with E-state index in [1.165, 1.54) is 0 Å². The summed E-state index contributed by atoms with van der Waals surface area (Å²) in [7, 11) is 4.82. The molecule has 1 fully saturated rings. The van der Waals surface area contributed by atoms with Crippen LogP contribution in [0.25, 0.3) is 11.0 Å². The third kappa shape index (κ3) is 3.65. The summed E-state index contributed by atoms with van der Waals surface area (Å²) in [6, 6.07) is 11.5. The van der Waals surface area contributed by atoms with E-state index in [0.29, 0.717) is 23.8 Å². The summed E-state index contributed by atoms with van der Waals surface area (Å²) in [5, 5.41) is 9.89. The van der Waals surface area contributed by atoms with Gasteiger partial charge in [-0.05, 0) is 55.5 Å². The largest absolute Gasteiger partial charge is 0.497 e. The molecule has 4 rings (SSSR count). The van der Waals surface area contributed by atoms with Gasteiger partial charge in [0.1, 0.15) is 5.75 Å². The highest BCUT2D eigenvalue weighted by molar-refractivity contribution is 5.78. The summed E-state index contributed by atoms with van der Waals surface area (Å²) in [5.74, 6) is 1.99. The summed E-state index contributed by atoms with van der Waals surface area (Å²) >= 11 is 0. The minimum absolute atomic E-state index is 0.0468. The maximum atomic E-state index is 13.5. The van der Waals surface area contributed by atoms with Crippen LogP contribution < -0.4 is 19.9 Å². The van der Waals surface area contributed by atoms with Gasteiger partial charge in [0.25, 0.3) is 0 Å². The number of aromatic nitrogens is 2. The predicted molar refractivity (Wildman–Crippen MR) is 115 cm³/mol. The van der Waals surface area contributed by atoms with Gasteiger partial charge < -0.3 is 19.3 Å². The number of benzene rings is 2. The Morgan fingerprint density at radius 3 is 2.30 bits per heavy atom. The number of ether oxygens (including phenoxy) is 3. The van der Waals surface area contributed by atoms with Crippen LogP contribution in [0.3, 0.4) is 0 Å². The second kappa shape index (κ2) is 8.44. The molecule has 0 radical (unpaired) electrons. The van der Waals surface area contributed by atoms with Crippen molar-refractivity contribution in [3.63, 3.8) is 0 Å². The molecule has 1 aliphatic carbocycles. The van der Waals surface area contributed by atoms with Gasteiger partial charge in [-0.25, -0.2) is 4.79 Å². The summed E-state index contributed by atoms with van der Waals surface area (Å²) < 4.78 is 19.8. The van der Waals surface area contributed by atoms with Gasteiger partial charge in [0.15, 0.2) is 11.5 Å². The third-order valence-corrected chi connectivity index (χ3v) is 5.99. The zero-order valence-corrected chi connectivity index (χ0v) is 17.6. The summed E-state index contributed by atoms with van der Waals surface area (Å²) in [4.78, 5) is 13.5. The second-order valence-corrected chi connectivity index (χ2v) is 7.75. The Kier molecular flexibility index (Phi) is 5.72. The predicted octanol–water partition coefficient (Wildman–Crippen LogP) is 3.35. The van der Waals surface area contributed by atoms with Crippen molar-refractivity contribution in [1.82, 2.24) is 9.13 Å². The fraction of sp³-hybridized carbons (Fsp3) is 0.435. The molecule has 1 aliphatic rings. The van der Waals surface area contributed by atoms with E-state index in [1.54, 1.807) is 25.9 Å². The zero-order chi connectivity index (χ0) is 21.3. The Hall–Kier alpha value is -2.93. The Morgan fingerprint density at radius 1 is 0.900 bits per heavy atom. The van der Waals surface area contributed by atoms with Crippen LogP contribution in [-0.2, 0) is 6.54 Å². The van der Waals surface area contributed by atoms with Crippen LogP contribution in [0.1, 0.15) is 37.3 Å². The highest BCUT2D eigenvalue weighted by Crippen LogP contribution is 2.32. The molecule has 0 spiro atoms. The lowest BCUT2D eigenvalue weighted by Crippen LogP contribution is -2.31. The highest BCUT2D eigenvalue weighted by atomic mass is 16.5. The van der Waals surface area contributed by atoms with Gasteiger partial charge in [-0.3, -0.25) is 9.13 Å². The first kappa shape index (κ1) is 20.3. The molecule has 1 saturated carbocycles. The van der Waals surface area contributed by atoms with E-state index in [0.717, 1.165) is 42.3 Å². The van der Waals surface area contributed by atoms with Crippen molar-refractivity contribution in [2.75, 3.05) is 21.3 Å². The fourth-order valence-electron chi connectivity index (χ4n) is 4.37. The molecule has 7 heteroatoms. The number of imidazole rings is 1. The maximum absolute atomic E-state index is 13.5. The number of methoxy groups -OCH3 is 3. The van der Waals surface area contributed by atoms with Gasteiger partial charge in [0.05, 0.1) is 45.0 Å². The normalized spacial score (nSPS) is 19.1. The molecule has 1 heterocycles. The average Bonchev–Trinajstić information content (AvgIpc) is 3.04. The lowest BCUT2D eigenvalue weighted by atomic mass is 9.93. The minimum atomic E-state index is -0.267. The smallest absolute Gasteiger partial charge is 0.329 e. The second-order valence-electron chi connectivity index (χ2n) is 7.75. The van der Waals surface area contributed by atoms with Gasteiger partial charge in [-0.1, -0.05) is 6.07 Å². The lowest BCUT2D eigenvalue weighted by molar-refractivity contribution is 0.110. The molecule has 160 valence electrons. The van der Waals surface area contributed by atoms with Crippen LogP contribution in [0.4, 0.5) is 0 Å². The Bertz CT molecular complexity index is 1090. The van der Waals surface area contributed by atoms with Crippen LogP contribution in [0.5, 0.6) is 17.2 Å². The number of hydrogen-bond donors (Lipinski definition) is 1. The standard InChI is InChI=1S/C23H28N2O5/c1-28-18-9-10-19-20(13-18)24(14-15-4-11-21(29-2)22(12-15)30-3)23(27)25(19)16-5-7-17(26)8-6-16/h4,9-13,16-17,26H,5-8,14H2,1-3H3. The molecule has 1 N–H and O–H groups in total. The summed E-state index contributed by atoms with van der Waals surface area (Å²) in [6.45, 7) is 0.408. The van der Waals surface area contributed by atoms with Crippen LogP contribution in [0, 0.1) is 0 Å². The van der Waals surface area contributed by atoms with Crippen LogP contribution in [-0.4, -0.2) is 41.7 Å². The van der Waals surface area contributed by atoms with Crippen molar-refractivity contribution in [2.45, 2.75) is 44.4 Å². The molecule has 0 saturated heterocycles. The van der Waals surface area contributed by atoms with Crippen molar-refractivity contribution in [3.05, 3.63) is 52.4 Å². The van der Waals surface area contributed by atoms with Gasteiger partial charge >= 0.3 is 5.69 Å². The molecule has 2 aromatic carbocycles. The molecule has 3 aromatic rings. The molecular formula is C23H28N2O5. The Morgan fingerprint density at radius 2 is 1.63 bits per heavy atom. The molecule has 0 bridgehead atoms. The first-order valence-corrected chi connectivity index (χ1v) is 10.2. The number of aliphatic hydroxyl groups excluding tert-OH is 1. The molecule has 0 amide bonds. The van der Waals surface area contributed by atoms with E-state index in [9.17, 15) is 9.90 Å². The first-order valence-electron chi connectivity index (χ1n) is 10.2. The molecule has 30 heavy (non-hydrogen) atoms. The van der Waals surface area contributed by atoms with Gasteiger partial charge in [-0.2, -0.15) is 0 Å². The van der Waals surface area contributed by atoms with Crippen molar-refractivity contribution >= 4 is 11.0 Å². The monoisotopic (exact) mass is 412 g/mol. The van der Waals surface area contributed by atoms with E-state index in [2.05, 4.69) is 0 Å². The molecule has 7 nitrogen and oxygen atoms in total. The van der Waals surface area contributed by atoms with E-state index in [-0.39, 0.29) is 17.8 Å². The van der Waals surface area contributed by atoms with Crippen molar-refractivity contribution in [2.24, 2.45) is 0 Å². The zero-order valence-electron chi connectivity index (χ0n) is 17.6. The van der Waals surface area contributed by atoms with Gasteiger partial charge in [-0.15, -0.1) is 0 Å². The van der Waals surface area contributed by atoms with Gasteiger partial charge in [0.2, 0.25) is 0 Å². The lowest BCUT2D eigenvalue weighted by Gasteiger charge is -2.26. The van der Waals surface area contributed by atoms with Crippen LogP contribution in [0.15, 0.2) is 41.2 Å². The summed E-state index contributed by atoms with van der Waals surface area (Å²) in [6.07, 6.45) is 2.76. The number of rotatable bonds is 6. The van der Waals surface area contributed by atoms with E-state index < -0.39 is 0 Å². The van der Waals surface area contributed by atoms with Gasteiger partial charge in [0, 0.05) is 12.1 Å². The quantitative estimate of drug-likeness (QED) is 0.672. The van der Waals surface area contributed by atoms with Crippen molar-refractivity contribution < 1.29 is 19.3 Å².